The smallest absolute Gasteiger partial charge is 0.253 e. The number of aryl methyl sites for hydroxylation is 1. The first kappa shape index (κ1) is 22.7. The fourth-order valence-electron chi connectivity index (χ4n) is 3.70. The number of ether oxygens (including phenoxy) is 2. The van der Waals surface area contributed by atoms with Crippen molar-refractivity contribution in [2.45, 2.75) is 25.9 Å². The first-order chi connectivity index (χ1) is 16.2. The van der Waals surface area contributed by atoms with E-state index in [9.17, 15) is 4.79 Å². The van der Waals surface area contributed by atoms with Crippen molar-refractivity contribution in [3.8, 4) is 11.5 Å². The van der Waals surface area contributed by atoms with Gasteiger partial charge in [-0.1, -0.05) is 48.0 Å². The zero-order valence-corrected chi connectivity index (χ0v) is 19.2. The van der Waals surface area contributed by atoms with Gasteiger partial charge in [0.05, 0.1) is 41.9 Å². The predicted molar refractivity (Wildman–Crippen MR) is 130 cm³/mol. The maximum atomic E-state index is 12.6. The molecule has 0 radical (unpaired) electrons. The minimum atomic E-state index is -0.218. The van der Waals surface area contributed by atoms with Crippen LogP contribution in [0.2, 0.25) is 5.02 Å². The van der Waals surface area contributed by atoms with Crippen LogP contribution in [0.4, 0.5) is 0 Å². The standard InChI is InChI=1S/C26H26ClN3O3/c1-32-23-14-6-7-15-24(23)33-17-9-8-16-30-22-13-5-4-12-21(22)29-25(30)18-28-26(31)19-10-2-3-11-20(19)27/h2-7,10-15H,8-9,16-18H2,1H3,(H,28,31). The summed E-state index contributed by atoms with van der Waals surface area (Å²) in [4.78, 5) is 17.3. The largest absolute Gasteiger partial charge is 0.493 e. The molecule has 0 aliphatic rings. The molecular formula is C26H26ClN3O3. The number of nitrogens with zero attached hydrogens (tertiary/aromatic N) is 2. The summed E-state index contributed by atoms with van der Waals surface area (Å²) in [6.45, 7) is 1.68. The molecule has 0 saturated heterocycles. The highest BCUT2D eigenvalue weighted by Gasteiger charge is 2.14. The van der Waals surface area contributed by atoms with Crippen molar-refractivity contribution in [2.24, 2.45) is 0 Å². The zero-order chi connectivity index (χ0) is 23.0. The molecule has 0 fully saturated rings. The molecule has 33 heavy (non-hydrogen) atoms. The number of benzene rings is 3. The van der Waals surface area contributed by atoms with Crippen LogP contribution in [0.3, 0.4) is 0 Å². The lowest BCUT2D eigenvalue weighted by atomic mass is 10.2. The summed E-state index contributed by atoms with van der Waals surface area (Å²) in [6.07, 6.45) is 1.77. The Kier molecular flexibility index (Phi) is 7.47. The van der Waals surface area contributed by atoms with Gasteiger partial charge in [-0.05, 0) is 49.2 Å². The Balaban J connectivity index is 1.39. The number of hydrogen-bond acceptors (Lipinski definition) is 4. The highest BCUT2D eigenvalue weighted by molar-refractivity contribution is 6.33. The third-order valence-corrected chi connectivity index (χ3v) is 5.69. The molecule has 0 saturated carbocycles. The minimum absolute atomic E-state index is 0.218. The highest BCUT2D eigenvalue weighted by Crippen LogP contribution is 2.26. The number of rotatable bonds is 10. The van der Waals surface area contributed by atoms with E-state index in [2.05, 4.69) is 9.88 Å². The molecule has 0 aliphatic heterocycles. The molecule has 7 heteroatoms. The number of hydrogen-bond donors (Lipinski definition) is 1. The lowest BCUT2D eigenvalue weighted by Crippen LogP contribution is -2.25. The van der Waals surface area contributed by atoms with Crippen molar-refractivity contribution in [3.63, 3.8) is 0 Å². The number of nitrogens with one attached hydrogen (secondary N) is 1. The van der Waals surface area contributed by atoms with E-state index in [1.807, 2.05) is 48.5 Å². The fourth-order valence-corrected chi connectivity index (χ4v) is 3.92. The third-order valence-electron chi connectivity index (χ3n) is 5.36. The van der Waals surface area contributed by atoms with Gasteiger partial charge in [0.25, 0.3) is 5.91 Å². The minimum Gasteiger partial charge on any atom is -0.493 e. The molecule has 6 nitrogen and oxygen atoms in total. The molecule has 0 bridgehead atoms. The molecule has 0 atom stereocenters. The van der Waals surface area contributed by atoms with Crippen molar-refractivity contribution in [3.05, 3.63) is 89.2 Å². The molecule has 0 unspecified atom stereocenters. The molecule has 0 aliphatic carbocycles. The van der Waals surface area contributed by atoms with Gasteiger partial charge in [-0.2, -0.15) is 0 Å². The van der Waals surface area contributed by atoms with Gasteiger partial charge in [0, 0.05) is 6.54 Å². The number of fused-ring (bicyclic) bond motifs is 1. The van der Waals surface area contributed by atoms with E-state index in [1.165, 1.54) is 0 Å². The van der Waals surface area contributed by atoms with E-state index < -0.39 is 0 Å². The number of halogens is 1. The lowest BCUT2D eigenvalue weighted by molar-refractivity contribution is 0.0949. The van der Waals surface area contributed by atoms with E-state index in [0.717, 1.165) is 47.7 Å². The molecule has 0 spiro atoms. The van der Waals surface area contributed by atoms with Gasteiger partial charge >= 0.3 is 0 Å². The van der Waals surface area contributed by atoms with E-state index in [4.69, 9.17) is 26.1 Å². The van der Waals surface area contributed by atoms with Crippen molar-refractivity contribution >= 4 is 28.5 Å². The average Bonchev–Trinajstić information content (AvgIpc) is 3.20. The number of imidazole rings is 1. The van der Waals surface area contributed by atoms with Crippen molar-refractivity contribution in [1.29, 1.82) is 0 Å². The van der Waals surface area contributed by atoms with Crippen LogP contribution >= 0.6 is 11.6 Å². The molecule has 4 aromatic rings. The Morgan fingerprint density at radius 2 is 1.70 bits per heavy atom. The molecular weight excluding hydrogens is 438 g/mol. The summed E-state index contributed by atoms with van der Waals surface area (Å²) in [5, 5.41) is 3.38. The van der Waals surface area contributed by atoms with Gasteiger partial charge < -0.3 is 19.4 Å². The Morgan fingerprint density at radius 3 is 2.52 bits per heavy atom. The first-order valence-corrected chi connectivity index (χ1v) is 11.3. The van der Waals surface area contributed by atoms with Crippen molar-refractivity contribution in [1.82, 2.24) is 14.9 Å². The third kappa shape index (κ3) is 5.46. The molecule has 4 rings (SSSR count). The average molecular weight is 464 g/mol. The second-order valence-corrected chi connectivity index (χ2v) is 7.94. The Hall–Kier alpha value is -3.51. The van der Waals surface area contributed by atoms with Crippen LogP contribution in [-0.2, 0) is 13.1 Å². The van der Waals surface area contributed by atoms with Crippen molar-refractivity contribution in [2.75, 3.05) is 13.7 Å². The van der Waals surface area contributed by atoms with Crippen LogP contribution in [0.25, 0.3) is 11.0 Å². The number of carbonyl (C=O) groups is 1. The van der Waals surface area contributed by atoms with Gasteiger partial charge in [-0.3, -0.25) is 4.79 Å². The van der Waals surface area contributed by atoms with Gasteiger partial charge in [0.15, 0.2) is 11.5 Å². The molecule has 170 valence electrons. The Morgan fingerprint density at radius 1 is 0.970 bits per heavy atom. The van der Waals surface area contributed by atoms with Crippen molar-refractivity contribution < 1.29 is 14.3 Å². The molecule has 3 aromatic carbocycles. The normalized spacial score (nSPS) is 10.8. The van der Waals surface area contributed by atoms with Crippen LogP contribution in [0, 0.1) is 0 Å². The number of aromatic nitrogens is 2. The van der Waals surface area contributed by atoms with Gasteiger partial charge in [0.2, 0.25) is 0 Å². The van der Waals surface area contributed by atoms with Crippen LogP contribution in [0.15, 0.2) is 72.8 Å². The SMILES string of the molecule is COc1ccccc1OCCCCn1c(CNC(=O)c2ccccc2Cl)nc2ccccc21. The Bertz CT molecular complexity index is 1240. The number of amides is 1. The number of carbonyl (C=O) groups excluding carboxylic acids is 1. The zero-order valence-electron chi connectivity index (χ0n) is 18.5. The number of methoxy groups -OCH3 is 1. The molecule has 1 N–H and O–H groups in total. The summed E-state index contributed by atoms with van der Waals surface area (Å²) in [5.74, 6) is 2.07. The van der Waals surface area contributed by atoms with E-state index in [0.29, 0.717) is 23.7 Å². The van der Waals surface area contributed by atoms with Crippen LogP contribution in [-0.4, -0.2) is 29.2 Å². The van der Waals surface area contributed by atoms with Crippen LogP contribution in [0.1, 0.15) is 29.0 Å². The maximum absolute atomic E-state index is 12.6. The second-order valence-electron chi connectivity index (χ2n) is 7.54. The quantitative estimate of drug-likeness (QED) is 0.316. The lowest BCUT2D eigenvalue weighted by Gasteiger charge is -2.12. The van der Waals surface area contributed by atoms with Gasteiger partial charge in [-0.25, -0.2) is 4.98 Å². The van der Waals surface area contributed by atoms with Gasteiger partial charge in [-0.15, -0.1) is 0 Å². The van der Waals surface area contributed by atoms with Crippen LogP contribution in [0.5, 0.6) is 11.5 Å². The molecule has 1 aromatic heterocycles. The van der Waals surface area contributed by atoms with E-state index in [1.54, 1.807) is 31.4 Å². The van der Waals surface area contributed by atoms with Crippen LogP contribution < -0.4 is 14.8 Å². The first-order valence-electron chi connectivity index (χ1n) is 10.9. The Labute approximate surface area is 198 Å². The second kappa shape index (κ2) is 10.9. The number of para-hydroxylation sites is 4. The summed E-state index contributed by atoms with van der Waals surface area (Å²) >= 11 is 6.16. The van der Waals surface area contributed by atoms with E-state index >= 15 is 0 Å². The predicted octanol–water partition coefficient (Wildman–Crippen LogP) is 5.49. The fraction of sp³-hybridized carbons (Fsp3) is 0.231. The summed E-state index contributed by atoms with van der Waals surface area (Å²) in [7, 11) is 1.64. The topological polar surface area (TPSA) is 65.4 Å². The summed E-state index contributed by atoms with van der Waals surface area (Å²) in [6, 6.07) is 22.6. The maximum Gasteiger partial charge on any atom is 0.253 e. The molecule has 1 heterocycles. The number of unbranched alkanes of at least 4 members (excludes halogenated alkanes) is 1. The summed E-state index contributed by atoms with van der Waals surface area (Å²) < 4.78 is 13.4. The highest BCUT2D eigenvalue weighted by atomic mass is 35.5. The monoisotopic (exact) mass is 463 g/mol. The summed E-state index contributed by atoms with van der Waals surface area (Å²) in [5.41, 5.74) is 2.41. The van der Waals surface area contributed by atoms with E-state index in [-0.39, 0.29) is 5.91 Å². The van der Waals surface area contributed by atoms with Gasteiger partial charge in [0.1, 0.15) is 5.82 Å². The molecule has 1 amide bonds.